The van der Waals surface area contributed by atoms with E-state index in [2.05, 4.69) is 9.69 Å². The molecular weight excluding hydrogens is 363 g/mol. The molecule has 1 aromatic heterocycles. The van der Waals surface area contributed by atoms with Crippen LogP contribution in [0.3, 0.4) is 0 Å². The zero-order valence-electron chi connectivity index (χ0n) is 12.8. The molecule has 9 heteroatoms. The molecule has 2 atom stereocenters. The van der Waals surface area contributed by atoms with Crippen molar-refractivity contribution in [3.63, 3.8) is 0 Å². The molecule has 1 aromatic rings. The number of hydrogen-bond acceptors (Lipinski definition) is 6. The third-order valence-electron chi connectivity index (χ3n) is 3.42. The molecule has 2 heterocycles. The van der Waals surface area contributed by atoms with Crippen LogP contribution in [-0.2, 0) is 14.3 Å². The van der Waals surface area contributed by atoms with Crippen LogP contribution in [0.25, 0.3) is 0 Å². The quantitative estimate of drug-likeness (QED) is 0.767. The summed E-state index contributed by atoms with van der Waals surface area (Å²) < 4.78 is 14.8. The first-order chi connectivity index (χ1) is 10.9. The van der Waals surface area contributed by atoms with Gasteiger partial charge in [-0.3, -0.25) is 4.79 Å². The van der Waals surface area contributed by atoms with Gasteiger partial charge in [-0.1, -0.05) is 37.0 Å². The highest BCUT2D eigenvalue weighted by molar-refractivity contribution is 7.11. The minimum Gasteiger partial charge on any atom is -0.447 e. The fraction of sp³-hybridized carbons (Fsp3) is 0.643. The Labute approximate surface area is 148 Å². The maximum atomic E-state index is 12.3. The van der Waals surface area contributed by atoms with Crippen molar-refractivity contribution in [3.8, 4) is 0 Å². The molecule has 1 N–H and O–H groups in total. The fourth-order valence-electron chi connectivity index (χ4n) is 2.17. The summed E-state index contributed by atoms with van der Waals surface area (Å²) in [6.45, 7) is 4.70. The molecule has 0 aliphatic carbocycles. The van der Waals surface area contributed by atoms with Crippen molar-refractivity contribution in [2.24, 2.45) is 5.92 Å². The molecule has 1 fully saturated rings. The Hall–Kier alpha value is -0.890. The van der Waals surface area contributed by atoms with Gasteiger partial charge in [0.1, 0.15) is 9.36 Å². The van der Waals surface area contributed by atoms with Crippen LogP contribution in [0.1, 0.15) is 37.2 Å². The summed E-state index contributed by atoms with van der Waals surface area (Å²) in [4.78, 5) is 24.4. The van der Waals surface area contributed by atoms with Gasteiger partial charge in [0, 0.05) is 13.2 Å². The maximum absolute atomic E-state index is 12.3. The third kappa shape index (κ3) is 4.79. The van der Waals surface area contributed by atoms with Crippen molar-refractivity contribution in [2.75, 3.05) is 13.2 Å². The maximum Gasteiger partial charge on any atom is 0.360 e. The van der Waals surface area contributed by atoms with Gasteiger partial charge in [-0.05, 0) is 30.3 Å². The lowest BCUT2D eigenvalue weighted by atomic mass is 10.1. The van der Waals surface area contributed by atoms with E-state index < -0.39 is 12.1 Å². The highest BCUT2D eigenvalue weighted by Gasteiger charge is 2.30. The lowest BCUT2D eigenvalue weighted by Crippen LogP contribution is -2.43. The van der Waals surface area contributed by atoms with E-state index in [-0.39, 0.29) is 33.0 Å². The molecule has 1 saturated heterocycles. The second kappa shape index (κ2) is 8.28. The molecule has 1 aliphatic rings. The Morgan fingerprint density at radius 1 is 1.48 bits per heavy atom. The van der Waals surface area contributed by atoms with Gasteiger partial charge in [0.25, 0.3) is 5.91 Å². The molecule has 0 spiro atoms. The van der Waals surface area contributed by atoms with Crippen LogP contribution in [0.2, 0.25) is 9.36 Å². The predicted molar refractivity (Wildman–Crippen MR) is 88.2 cm³/mol. The van der Waals surface area contributed by atoms with Crippen LogP contribution in [0.15, 0.2) is 0 Å². The average molecular weight is 381 g/mol. The Bertz CT molecular complexity index is 573. The Balaban J connectivity index is 1.95. The van der Waals surface area contributed by atoms with E-state index in [0.29, 0.717) is 13.2 Å². The van der Waals surface area contributed by atoms with Crippen molar-refractivity contribution in [1.29, 1.82) is 0 Å². The van der Waals surface area contributed by atoms with Gasteiger partial charge in [0.15, 0.2) is 11.8 Å². The molecule has 128 valence electrons. The van der Waals surface area contributed by atoms with Crippen LogP contribution in [0.5, 0.6) is 0 Å². The first kappa shape index (κ1) is 18.4. The van der Waals surface area contributed by atoms with Crippen molar-refractivity contribution in [2.45, 2.75) is 38.9 Å². The third-order valence-corrected chi connectivity index (χ3v) is 5.03. The second-order valence-corrected chi connectivity index (χ2v) is 7.32. The van der Waals surface area contributed by atoms with E-state index in [1.807, 2.05) is 0 Å². The normalized spacial score (nSPS) is 18.9. The van der Waals surface area contributed by atoms with Gasteiger partial charge in [-0.25, -0.2) is 4.79 Å². The number of nitrogens with one attached hydrogen (secondary N) is 1. The SMILES string of the molecule is CC(C)[C@@H](OC(=O)c1nsc(Cl)c1Cl)C(=O)NC[C@@H]1CCCO1. The first-order valence-electron chi connectivity index (χ1n) is 7.31. The van der Waals surface area contributed by atoms with Crippen LogP contribution in [-0.4, -0.2) is 41.6 Å². The van der Waals surface area contributed by atoms with E-state index in [4.69, 9.17) is 32.7 Å². The largest absolute Gasteiger partial charge is 0.447 e. The highest BCUT2D eigenvalue weighted by Crippen LogP contribution is 2.30. The second-order valence-electron chi connectivity index (χ2n) is 5.57. The summed E-state index contributed by atoms with van der Waals surface area (Å²) in [5.74, 6) is -1.32. The van der Waals surface area contributed by atoms with E-state index >= 15 is 0 Å². The monoisotopic (exact) mass is 380 g/mol. The summed E-state index contributed by atoms with van der Waals surface area (Å²) in [6.07, 6.45) is 1.00. The standard InChI is InChI=1S/C14H18Cl2N2O4S/c1-7(2)11(13(19)17-6-8-4-3-5-21-8)22-14(20)10-9(15)12(16)23-18-10/h7-8,11H,3-6H2,1-2H3,(H,17,19)/t8-,11+/m0/s1. The number of nitrogens with zero attached hydrogens (tertiary/aromatic N) is 1. The van der Waals surface area contributed by atoms with Crippen molar-refractivity contribution < 1.29 is 19.1 Å². The number of carbonyl (C=O) groups is 2. The average Bonchev–Trinajstić information content (AvgIpc) is 3.13. The van der Waals surface area contributed by atoms with Crippen molar-refractivity contribution in [1.82, 2.24) is 9.69 Å². The summed E-state index contributed by atoms with van der Waals surface area (Å²) in [7, 11) is 0. The Morgan fingerprint density at radius 2 is 2.22 bits per heavy atom. The smallest absolute Gasteiger partial charge is 0.360 e. The molecular formula is C14H18Cl2N2O4S. The molecule has 23 heavy (non-hydrogen) atoms. The molecule has 0 bridgehead atoms. The minimum absolute atomic E-state index is 0.0225. The highest BCUT2D eigenvalue weighted by atomic mass is 35.5. The Morgan fingerprint density at radius 3 is 2.74 bits per heavy atom. The number of amides is 1. The number of rotatable bonds is 6. The van der Waals surface area contributed by atoms with E-state index in [0.717, 1.165) is 24.4 Å². The topological polar surface area (TPSA) is 77.5 Å². The lowest BCUT2D eigenvalue weighted by molar-refractivity contribution is -0.132. The predicted octanol–water partition coefficient (Wildman–Crippen LogP) is 2.93. The zero-order valence-corrected chi connectivity index (χ0v) is 15.1. The number of ether oxygens (including phenoxy) is 2. The van der Waals surface area contributed by atoms with Crippen molar-refractivity contribution in [3.05, 3.63) is 15.1 Å². The number of hydrogen-bond donors (Lipinski definition) is 1. The molecule has 6 nitrogen and oxygen atoms in total. The summed E-state index contributed by atoms with van der Waals surface area (Å²) in [5.41, 5.74) is -0.0701. The minimum atomic E-state index is -0.930. The Kier molecular flexibility index (Phi) is 6.64. The van der Waals surface area contributed by atoms with E-state index in [1.54, 1.807) is 13.8 Å². The van der Waals surface area contributed by atoms with Crippen LogP contribution in [0, 0.1) is 5.92 Å². The van der Waals surface area contributed by atoms with Gasteiger partial charge < -0.3 is 14.8 Å². The van der Waals surface area contributed by atoms with Crippen LogP contribution in [0.4, 0.5) is 0 Å². The lowest BCUT2D eigenvalue weighted by Gasteiger charge is -2.21. The first-order valence-corrected chi connectivity index (χ1v) is 8.84. The number of esters is 1. The van der Waals surface area contributed by atoms with Gasteiger partial charge in [0.05, 0.1) is 6.10 Å². The van der Waals surface area contributed by atoms with Gasteiger partial charge in [-0.15, -0.1) is 0 Å². The zero-order chi connectivity index (χ0) is 17.0. The summed E-state index contributed by atoms with van der Waals surface area (Å²) in [5, 5.41) is 2.81. The van der Waals surface area contributed by atoms with Gasteiger partial charge in [-0.2, -0.15) is 4.37 Å². The van der Waals surface area contributed by atoms with E-state index in [1.165, 1.54) is 0 Å². The molecule has 0 unspecified atom stereocenters. The van der Waals surface area contributed by atoms with Crippen LogP contribution < -0.4 is 5.32 Å². The molecule has 0 aromatic carbocycles. The van der Waals surface area contributed by atoms with E-state index in [9.17, 15) is 9.59 Å². The van der Waals surface area contributed by atoms with Crippen molar-refractivity contribution >= 4 is 46.6 Å². The number of aromatic nitrogens is 1. The van der Waals surface area contributed by atoms with Gasteiger partial charge >= 0.3 is 5.97 Å². The summed E-state index contributed by atoms with van der Waals surface area (Å²) in [6, 6.07) is 0. The molecule has 0 radical (unpaired) electrons. The fourth-order valence-corrected chi connectivity index (χ4v) is 3.15. The molecule has 2 rings (SSSR count). The number of halogens is 2. The molecule has 0 saturated carbocycles. The van der Waals surface area contributed by atoms with Gasteiger partial charge in [0.2, 0.25) is 0 Å². The van der Waals surface area contributed by atoms with Crippen LogP contribution >= 0.6 is 34.7 Å². The summed E-state index contributed by atoms with van der Waals surface area (Å²) >= 11 is 12.6. The molecule has 1 aliphatic heterocycles. The molecule has 1 amide bonds. The number of carbonyl (C=O) groups excluding carboxylic acids is 2.